The fourth-order valence-corrected chi connectivity index (χ4v) is 1.88. The number of nitrogens with one attached hydrogen (secondary N) is 1. The Labute approximate surface area is 108 Å². The summed E-state index contributed by atoms with van der Waals surface area (Å²) in [5.74, 6) is -0.256. The molecular formula is C15H19NO2. The van der Waals surface area contributed by atoms with Crippen LogP contribution >= 0.6 is 0 Å². The molecule has 1 aliphatic rings. The van der Waals surface area contributed by atoms with Crippen LogP contribution in [0, 0.1) is 11.3 Å². The first-order valence-electron chi connectivity index (χ1n) is 5.91. The second-order valence-corrected chi connectivity index (χ2v) is 4.25. The third-order valence-corrected chi connectivity index (χ3v) is 2.96. The molecule has 0 aromatic heterocycles. The van der Waals surface area contributed by atoms with Crippen molar-refractivity contribution in [2.24, 2.45) is 5.92 Å². The van der Waals surface area contributed by atoms with Gasteiger partial charge in [0.25, 0.3) is 0 Å². The minimum Gasteiger partial charge on any atom is -0.465 e. The molecule has 0 amide bonds. The summed E-state index contributed by atoms with van der Waals surface area (Å²) in [7, 11) is 1.37. The topological polar surface area (TPSA) is 50.2 Å². The van der Waals surface area contributed by atoms with E-state index >= 15 is 0 Å². The van der Waals surface area contributed by atoms with E-state index in [-0.39, 0.29) is 11.9 Å². The zero-order valence-electron chi connectivity index (χ0n) is 10.7. The lowest BCUT2D eigenvalue weighted by Crippen LogP contribution is -2.03. The number of carbonyl (C=O) groups excluding carboxylic acids is 1. The number of hydrogen-bond acceptors (Lipinski definition) is 3. The van der Waals surface area contributed by atoms with Gasteiger partial charge in [-0.2, -0.15) is 0 Å². The molecule has 1 atom stereocenters. The molecule has 0 bridgehead atoms. The predicted octanol–water partition coefficient (Wildman–Crippen LogP) is 3.20. The van der Waals surface area contributed by atoms with E-state index in [1.807, 2.05) is 12.2 Å². The Morgan fingerprint density at radius 1 is 1.67 bits per heavy atom. The van der Waals surface area contributed by atoms with Gasteiger partial charge in [0.2, 0.25) is 0 Å². The van der Waals surface area contributed by atoms with Crippen molar-refractivity contribution in [3.05, 3.63) is 48.1 Å². The third kappa shape index (κ3) is 3.55. The summed E-state index contributed by atoms with van der Waals surface area (Å²) in [4.78, 5) is 11.5. The van der Waals surface area contributed by atoms with E-state index in [4.69, 9.17) is 10.1 Å². The van der Waals surface area contributed by atoms with Gasteiger partial charge in [-0.3, -0.25) is 0 Å². The van der Waals surface area contributed by atoms with Crippen LogP contribution in [0.4, 0.5) is 0 Å². The Morgan fingerprint density at radius 2 is 2.39 bits per heavy atom. The Kier molecular flexibility index (Phi) is 5.31. The highest BCUT2D eigenvalue weighted by Gasteiger charge is 2.17. The van der Waals surface area contributed by atoms with Crippen molar-refractivity contribution < 1.29 is 9.53 Å². The summed E-state index contributed by atoms with van der Waals surface area (Å²) in [6, 6.07) is 0. The highest BCUT2D eigenvalue weighted by atomic mass is 16.5. The fourth-order valence-electron chi connectivity index (χ4n) is 1.88. The molecule has 1 aliphatic carbocycles. The van der Waals surface area contributed by atoms with Crippen LogP contribution in [0.2, 0.25) is 0 Å². The van der Waals surface area contributed by atoms with E-state index in [0.717, 1.165) is 17.6 Å². The van der Waals surface area contributed by atoms with Crippen LogP contribution in [0.3, 0.4) is 0 Å². The van der Waals surface area contributed by atoms with Crippen LogP contribution in [0.25, 0.3) is 0 Å². The molecule has 0 aromatic carbocycles. The Balaban J connectivity index is 2.80. The molecule has 1 N–H and O–H groups in total. The van der Waals surface area contributed by atoms with E-state index in [1.165, 1.54) is 13.3 Å². The molecule has 1 unspecified atom stereocenters. The maximum absolute atomic E-state index is 11.5. The average molecular weight is 245 g/mol. The molecule has 1 rings (SSSR count). The number of rotatable bonds is 5. The maximum atomic E-state index is 11.5. The maximum Gasteiger partial charge on any atom is 0.337 e. The number of esters is 1. The lowest BCUT2D eigenvalue weighted by molar-refractivity contribution is -0.135. The Hall–Kier alpha value is -1.90. The molecule has 0 spiro atoms. The second-order valence-electron chi connectivity index (χ2n) is 4.25. The number of ether oxygens (including phenoxy) is 1. The molecule has 3 nitrogen and oxygen atoms in total. The quantitative estimate of drug-likeness (QED) is 0.459. The molecule has 0 aliphatic heterocycles. The lowest BCUT2D eigenvalue weighted by atomic mass is 9.89. The molecule has 0 radical (unpaired) electrons. The normalized spacial score (nSPS) is 18.8. The zero-order chi connectivity index (χ0) is 13.5. The van der Waals surface area contributed by atoms with Gasteiger partial charge in [-0.25, -0.2) is 4.79 Å². The van der Waals surface area contributed by atoms with Crippen molar-refractivity contribution in [2.45, 2.75) is 19.3 Å². The minimum absolute atomic E-state index is 0.0726. The van der Waals surface area contributed by atoms with Crippen LogP contribution in [-0.2, 0) is 9.53 Å². The third-order valence-electron chi connectivity index (χ3n) is 2.96. The number of allylic oxidation sites excluding steroid dienone is 4. The van der Waals surface area contributed by atoms with Gasteiger partial charge < -0.3 is 10.1 Å². The first-order valence-corrected chi connectivity index (χ1v) is 5.91. The van der Waals surface area contributed by atoms with Crippen molar-refractivity contribution in [2.75, 3.05) is 7.11 Å². The van der Waals surface area contributed by atoms with Gasteiger partial charge >= 0.3 is 5.97 Å². The van der Waals surface area contributed by atoms with Gasteiger partial charge in [-0.15, -0.1) is 0 Å². The summed E-state index contributed by atoms with van der Waals surface area (Å²) < 4.78 is 4.70. The van der Waals surface area contributed by atoms with E-state index < -0.39 is 0 Å². The van der Waals surface area contributed by atoms with Crippen LogP contribution < -0.4 is 0 Å². The average Bonchev–Trinajstić information content (AvgIpc) is 2.57. The molecule has 0 saturated heterocycles. The lowest BCUT2D eigenvalue weighted by Gasteiger charge is -2.16. The Bertz CT molecular complexity index is 430. The van der Waals surface area contributed by atoms with Crippen LogP contribution in [0.1, 0.15) is 19.3 Å². The predicted molar refractivity (Wildman–Crippen MR) is 73.6 cm³/mol. The van der Waals surface area contributed by atoms with Gasteiger partial charge in [0, 0.05) is 5.92 Å². The summed E-state index contributed by atoms with van der Waals surface area (Å²) in [5.41, 5.74) is 2.60. The SMILES string of the molecule is C=C1CC=C(C(=O)OC)C=CC1C(=C)CCC=N. The van der Waals surface area contributed by atoms with E-state index in [0.29, 0.717) is 18.4 Å². The first kappa shape index (κ1) is 14.2. The Morgan fingerprint density at radius 3 is 3.00 bits per heavy atom. The van der Waals surface area contributed by atoms with Crippen molar-refractivity contribution in [1.29, 1.82) is 5.41 Å². The highest BCUT2D eigenvalue weighted by molar-refractivity contribution is 5.91. The monoisotopic (exact) mass is 245 g/mol. The molecule has 18 heavy (non-hydrogen) atoms. The van der Waals surface area contributed by atoms with Gasteiger partial charge in [-0.1, -0.05) is 42.5 Å². The van der Waals surface area contributed by atoms with Crippen molar-refractivity contribution in [3.63, 3.8) is 0 Å². The fraction of sp³-hybridized carbons (Fsp3) is 0.333. The van der Waals surface area contributed by atoms with E-state index in [1.54, 1.807) is 6.08 Å². The second kappa shape index (κ2) is 6.74. The number of hydrogen-bond donors (Lipinski definition) is 1. The van der Waals surface area contributed by atoms with Gasteiger partial charge in [0.15, 0.2) is 0 Å². The zero-order valence-corrected chi connectivity index (χ0v) is 10.7. The van der Waals surface area contributed by atoms with Crippen LogP contribution in [-0.4, -0.2) is 19.3 Å². The summed E-state index contributed by atoms with van der Waals surface area (Å²) in [6.07, 6.45) is 9.01. The molecule has 0 heterocycles. The van der Waals surface area contributed by atoms with Crippen LogP contribution in [0.15, 0.2) is 48.1 Å². The summed E-state index contributed by atoms with van der Waals surface area (Å²) in [5, 5.41) is 7.04. The summed E-state index contributed by atoms with van der Waals surface area (Å²) >= 11 is 0. The van der Waals surface area contributed by atoms with E-state index in [9.17, 15) is 4.79 Å². The highest BCUT2D eigenvalue weighted by Crippen LogP contribution is 2.28. The number of methoxy groups -OCH3 is 1. The van der Waals surface area contributed by atoms with Gasteiger partial charge in [-0.05, 0) is 25.5 Å². The molecule has 96 valence electrons. The van der Waals surface area contributed by atoms with Gasteiger partial charge in [0.05, 0.1) is 12.7 Å². The largest absolute Gasteiger partial charge is 0.465 e. The molecule has 3 heteroatoms. The molecular weight excluding hydrogens is 226 g/mol. The minimum atomic E-state index is -0.329. The van der Waals surface area contributed by atoms with Gasteiger partial charge in [0.1, 0.15) is 0 Å². The molecule has 0 fully saturated rings. The van der Waals surface area contributed by atoms with E-state index in [2.05, 4.69) is 13.2 Å². The standard InChI is InChI=1S/C15H19NO2/c1-11(5-4-10-16)14-9-8-13(15(17)18-3)7-6-12(14)2/h7-10,14,16H,1-2,4-6H2,3H3. The van der Waals surface area contributed by atoms with Crippen LogP contribution in [0.5, 0.6) is 0 Å². The van der Waals surface area contributed by atoms with Crippen molar-refractivity contribution >= 4 is 12.2 Å². The molecule has 0 saturated carbocycles. The summed E-state index contributed by atoms with van der Waals surface area (Å²) in [6.45, 7) is 8.08. The molecule has 0 aromatic rings. The number of carbonyl (C=O) groups is 1. The first-order chi connectivity index (χ1) is 8.60. The van der Waals surface area contributed by atoms with Crippen molar-refractivity contribution in [1.82, 2.24) is 0 Å². The van der Waals surface area contributed by atoms with Crippen molar-refractivity contribution in [3.8, 4) is 0 Å². The smallest absolute Gasteiger partial charge is 0.337 e.